The first-order valence-electron chi connectivity index (χ1n) is 10.8. The van der Waals surface area contributed by atoms with Crippen LogP contribution in [0, 0.1) is 0 Å². The molecule has 0 aliphatic rings. The lowest BCUT2D eigenvalue weighted by molar-refractivity contribution is -0.137. The topological polar surface area (TPSA) is 118 Å². The summed E-state index contributed by atoms with van der Waals surface area (Å²) in [5, 5.41) is 4.56. The highest BCUT2D eigenvalue weighted by atomic mass is 19.4. The molecule has 0 spiro atoms. The number of fused-ring (bicyclic) bond motifs is 1. The molecule has 1 amide bonds. The number of carbonyl (C=O) groups excluding carboxylic acids is 1. The van der Waals surface area contributed by atoms with Gasteiger partial charge in [0.05, 0.1) is 16.6 Å². The Morgan fingerprint density at radius 3 is 2.49 bits per heavy atom. The lowest BCUT2D eigenvalue weighted by Crippen LogP contribution is -2.28. The van der Waals surface area contributed by atoms with E-state index in [-0.39, 0.29) is 22.8 Å². The van der Waals surface area contributed by atoms with E-state index in [4.69, 9.17) is 10.5 Å². The summed E-state index contributed by atoms with van der Waals surface area (Å²) in [7, 11) is 1.81. The van der Waals surface area contributed by atoms with Crippen molar-refractivity contribution in [3.63, 3.8) is 0 Å². The number of para-hydroxylation sites is 2. The van der Waals surface area contributed by atoms with Crippen LogP contribution in [0.5, 0.6) is 11.6 Å². The lowest BCUT2D eigenvalue weighted by atomic mass is 10.0. The van der Waals surface area contributed by atoms with E-state index in [9.17, 15) is 22.8 Å². The van der Waals surface area contributed by atoms with Gasteiger partial charge in [-0.05, 0) is 24.3 Å². The molecule has 0 atom stereocenters. The molecule has 0 unspecified atom stereocenters. The molecule has 12 heteroatoms. The van der Waals surface area contributed by atoms with Gasteiger partial charge in [-0.15, -0.1) is 0 Å². The van der Waals surface area contributed by atoms with Gasteiger partial charge in [0.2, 0.25) is 5.88 Å². The number of aromatic nitrogens is 5. The molecule has 186 valence electrons. The normalized spacial score (nSPS) is 11.6. The number of hydrogen-bond acceptors (Lipinski definition) is 6. The third kappa shape index (κ3) is 4.29. The Bertz CT molecular complexity index is 1730. The Balaban J connectivity index is 1.67. The zero-order chi connectivity index (χ0) is 26.3. The Morgan fingerprint density at radius 2 is 1.73 bits per heavy atom. The van der Waals surface area contributed by atoms with Crippen molar-refractivity contribution >= 4 is 16.9 Å². The van der Waals surface area contributed by atoms with Crippen LogP contribution in [-0.2, 0) is 13.2 Å². The van der Waals surface area contributed by atoms with Crippen molar-refractivity contribution in [2.24, 2.45) is 12.8 Å². The Morgan fingerprint density at radius 1 is 1.00 bits per heavy atom. The van der Waals surface area contributed by atoms with Gasteiger partial charge in [-0.1, -0.05) is 30.3 Å². The van der Waals surface area contributed by atoms with E-state index >= 15 is 0 Å². The van der Waals surface area contributed by atoms with Crippen molar-refractivity contribution in [2.45, 2.75) is 6.18 Å². The highest BCUT2D eigenvalue weighted by Crippen LogP contribution is 2.36. The highest BCUT2D eigenvalue weighted by Gasteiger charge is 2.34. The molecule has 2 N–H and O–H groups in total. The summed E-state index contributed by atoms with van der Waals surface area (Å²) in [5.74, 6) is -0.613. The number of carbonyl (C=O) groups is 1. The first-order chi connectivity index (χ1) is 17.6. The molecule has 2 aromatic carbocycles. The van der Waals surface area contributed by atoms with Crippen LogP contribution in [0.3, 0.4) is 0 Å². The van der Waals surface area contributed by atoms with Crippen molar-refractivity contribution < 1.29 is 22.7 Å². The standard InChI is InChI=1S/C25H17F3N6O3/c1-33-11-10-15-23(33)30-13-31-24(15)37-19-9-5-2-6-14(19)16-12-20(35)34(32-21(16)22(29)36)18-8-4-3-7-17(18)25(26,27)28/h2-13H,1H3,(H2,29,36). The second kappa shape index (κ2) is 8.90. The first kappa shape index (κ1) is 23.7. The second-order valence-corrected chi connectivity index (χ2v) is 7.98. The maximum absolute atomic E-state index is 13.6. The molecule has 0 aliphatic carbocycles. The van der Waals surface area contributed by atoms with E-state index in [1.165, 1.54) is 18.5 Å². The van der Waals surface area contributed by atoms with Crippen molar-refractivity contribution in [1.29, 1.82) is 0 Å². The van der Waals surface area contributed by atoms with E-state index in [2.05, 4.69) is 15.1 Å². The predicted molar refractivity (Wildman–Crippen MR) is 127 cm³/mol. The fraction of sp³-hybridized carbons (Fsp3) is 0.0800. The molecular weight excluding hydrogens is 489 g/mol. The highest BCUT2D eigenvalue weighted by molar-refractivity contribution is 5.98. The number of rotatable bonds is 5. The minimum absolute atomic E-state index is 0.00722. The molecule has 3 heterocycles. The number of primary amides is 1. The zero-order valence-electron chi connectivity index (χ0n) is 19.1. The Kier molecular flexibility index (Phi) is 5.71. The maximum atomic E-state index is 13.6. The van der Waals surface area contributed by atoms with Gasteiger partial charge in [-0.3, -0.25) is 9.59 Å². The molecule has 0 radical (unpaired) electrons. The summed E-state index contributed by atoms with van der Waals surface area (Å²) in [5.41, 5.74) is 3.48. The molecule has 37 heavy (non-hydrogen) atoms. The number of nitrogens with two attached hydrogens (primary N) is 1. The van der Waals surface area contributed by atoms with Crippen LogP contribution in [0.2, 0.25) is 0 Å². The molecule has 5 aromatic rings. The van der Waals surface area contributed by atoms with Crippen molar-refractivity contribution in [2.75, 3.05) is 0 Å². The third-order valence-electron chi connectivity index (χ3n) is 5.61. The Labute approximate surface area is 206 Å². The molecular formula is C25H17F3N6O3. The predicted octanol–water partition coefficient (Wildman–Crippen LogP) is 4.09. The fourth-order valence-corrected chi connectivity index (χ4v) is 3.93. The molecule has 0 saturated carbocycles. The number of nitrogens with zero attached hydrogens (tertiary/aromatic N) is 5. The average molecular weight is 506 g/mol. The fourth-order valence-electron chi connectivity index (χ4n) is 3.93. The van der Waals surface area contributed by atoms with Gasteiger partial charge in [-0.25, -0.2) is 9.97 Å². The van der Waals surface area contributed by atoms with Crippen molar-refractivity contribution in [3.8, 4) is 28.4 Å². The quantitative estimate of drug-likeness (QED) is 0.384. The molecule has 3 aromatic heterocycles. The molecule has 0 aliphatic heterocycles. The molecule has 0 bridgehead atoms. The lowest BCUT2D eigenvalue weighted by Gasteiger charge is -2.16. The third-order valence-corrected chi connectivity index (χ3v) is 5.61. The summed E-state index contributed by atoms with van der Waals surface area (Å²) in [6, 6.07) is 13.6. The molecule has 5 rings (SSSR count). The minimum Gasteiger partial charge on any atom is -0.438 e. The van der Waals surface area contributed by atoms with Crippen LogP contribution in [0.1, 0.15) is 16.1 Å². The SMILES string of the molecule is Cn1ccc2c(Oc3ccccc3-c3cc(=O)n(-c4ccccc4C(F)(F)F)nc3C(N)=O)ncnc21. The monoisotopic (exact) mass is 506 g/mol. The summed E-state index contributed by atoms with van der Waals surface area (Å²) < 4.78 is 49.1. The maximum Gasteiger partial charge on any atom is 0.418 e. The molecule has 0 fully saturated rings. The summed E-state index contributed by atoms with van der Waals surface area (Å²) in [4.78, 5) is 33.8. The number of amides is 1. The van der Waals surface area contributed by atoms with Gasteiger partial charge in [0.15, 0.2) is 5.69 Å². The number of alkyl halides is 3. The summed E-state index contributed by atoms with van der Waals surface area (Å²) in [6.45, 7) is 0. The summed E-state index contributed by atoms with van der Waals surface area (Å²) >= 11 is 0. The minimum atomic E-state index is -4.76. The van der Waals surface area contributed by atoms with Gasteiger partial charge in [0, 0.05) is 30.4 Å². The second-order valence-electron chi connectivity index (χ2n) is 7.98. The molecule has 0 saturated heterocycles. The van der Waals surface area contributed by atoms with Gasteiger partial charge in [0.1, 0.15) is 17.7 Å². The molecule has 9 nitrogen and oxygen atoms in total. The number of halogens is 3. The van der Waals surface area contributed by atoms with E-state index in [0.717, 1.165) is 18.2 Å². The van der Waals surface area contributed by atoms with E-state index in [0.29, 0.717) is 15.7 Å². The number of ether oxygens (including phenoxy) is 1. The van der Waals surface area contributed by atoms with E-state index in [1.807, 2.05) is 7.05 Å². The van der Waals surface area contributed by atoms with Crippen LogP contribution in [0.15, 0.2) is 78.0 Å². The van der Waals surface area contributed by atoms with Crippen molar-refractivity contribution in [1.82, 2.24) is 24.3 Å². The van der Waals surface area contributed by atoms with Gasteiger partial charge >= 0.3 is 6.18 Å². The van der Waals surface area contributed by atoms with E-state index < -0.39 is 34.6 Å². The van der Waals surface area contributed by atoms with Crippen LogP contribution in [0.25, 0.3) is 27.8 Å². The zero-order valence-corrected chi connectivity index (χ0v) is 19.1. The van der Waals surface area contributed by atoms with E-state index in [1.54, 1.807) is 41.1 Å². The van der Waals surface area contributed by atoms with Crippen LogP contribution < -0.4 is 16.0 Å². The van der Waals surface area contributed by atoms with Gasteiger partial charge in [-0.2, -0.15) is 23.0 Å². The summed E-state index contributed by atoms with van der Waals surface area (Å²) in [6.07, 6.45) is -1.65. The van der Waals surface area contributed by atoms with Gasteiger partial charge in [0.25, 0.3) is 11.5 Å². The Hall–Kier alpha value is -5.00. The van der Waals surface area contributed by atoms with Crippen LogP contribution in [0.4, 0.5) is 13.2 Å². The first-order valence-corrected chi connectivity index (χ1v) is 10.8. The number of aryl methyl sites for hydroxylation is 1. The van der Waals surface area contributed by atoms with Crippen LogP contribution >= 0.6 is 0 Å². The largest absolute Gasteiger partial charge is 0.438 e. The van der Waals surface area contributed by atoms with Crippen molar-refractivity contribution in [3.05, 3.63) is 94.8 Å². The van der Waals surface area contributed by atoms with Crippen LogP contribution in [-0.4, -0.2) is 30.2 Å². The van der Waals surface area contributed by atoms with Gasteiger partial charge < -0.3 is 15.0 Å². The number of benzene rings is 2. The smallest absolute Gasteiger partial charge is 0.418 e. The number of hydrogen-bond donors (Lipinski definition) is 1. The average Bonchev–Trinajstić information content (AvgIpc) is 3.25.